The van der Waals surface area contributed by atoms with Crippen LogP contribution >= 0.6 is 0 Å². The summed E-state index contributed by atoms with van der Waals surface area (Å²) >= 11 is 0. The van der Waals surface area contributed by atoms with Gasteiger partial charge in [-0.2, -0.15) is 5.26 Å². The summed E-state index contributed by atoms with van der Waals surface area (Å²) in [5, 5.41) is 10.1. The highest BCUT2D eigenvalue weighted by atomic mass is 16.5. The van der Waals surface area contributed by atoms with Gasteiger partial charge in [-0.25, -0.2) is 4.98 Å². The van der Waals surface area contributed by atoms with Crippen molar-refractivity contribution in [1.29, 1.82) is 5.26 Å². The average molecular weight is 361 g/mol. The van der Waals surface area contributed by atoms with E-state index in [9.17, 15) is 10.1 Å². The Kier molecular flexibility index (Phi) is 5.23. The minimum absolute atomic E-state index is 0.0212. The molecule has 136 valence electrons. The van der Waals surface area contributed by atoms with Gasteiger partial charge in [0.2, 0.25) is 0 Å². The molecule has 0 aliphatic carbocycles. The number of nitrogens with one attached hydrogen (secondary N) is 1. The van der Waals surface area contributed by atoms with Gasteiger partial charge in [0, 0.05) is 0 Å². The maximum atomic E-state index is 12.3. The molecule has 1 aromatic heterocycles. The van der Waals surface area contributed by atoms with E-state index in [4.69, 9.17) is 9.47 Å². The van der Waals surface area contributed by atoms with Gasteiger partial charge in [-0.05, 0) is 49.8 Å². The molecule has 0 saturated carbocycles. The van der Waals surface area contributed by atoms with Crippen molar-refractivity contribution in [3.63, 3.8) is 0 Å². The molecule has 0 fully saturated rings. The fourth-order valence-corrected chi connectivity index (χ4v) is 2.66. The first-order valence-electron chi connectivity index (χ1n) is 8.47. The van der Waals surface area contributed by atoms with Gasteiger partial charge < -0.3 is 14.5 Å². The Morgan fingerprint density at radius 1 is 1.22 bits per heavy atom. The predicted molar refractivity (Wildman–Crippen MR) is 105 cm³/mol. The molecule has 0 atom stereocenters. The quantitative estimate of drug-likeness (QED) is 0.699. The van der Waals surface area contributed by atoms with Crippen LogP contribution < -0.4 is 15.0 Å². The summed E-state index contributed by atoms with van der Waals surface area (Å²) in [6, 6.07) is 14.5. The van der Waals surface area contributed by atoms with Gasteiger partial charge >= 0.3 is 0 Å². The lowest BCUT2D eigenvalue weighted by molar-refractivity contribution is 0.230. The Balaban J connectivity index is 2.07. The molecule has 2 aromatic carbocycles. The van der Waals surface area contributed by atoms with Gasteiger partial charge in [-0.3, -0.25) is 4.79 Å². The summed E-state index contributed by atoms with van der Waals surface area (Å²) in [5.41, 5.74) is 1.24. The first-order chi connectivity index (χ1) is 13.0. The van der Waals surface area contributed by atoms with E-state index in [0.717, 1.165) is 5.56 Å². The molecule has 6 heteroatoms. The number of para-hydroxylation sites is 1. The molecular weight excluding hydrogens is 342 g/mol. The largest absolute Gasteiger partial charge is 0.493 e. The minimum Gasteiger partial charge on any atom is -0.493 e. The van der Waals surface area contributed by atoms with Crippen molar-refractivity contribution >= 4 is 22.6 Å². The number of hydrogen-bond acceptors (Lipinski definition) is 5. The Bertz CT molecular complexity index is 1110. The van der Waals surface area contributed by atoms with Gasteiger partial charge in [-0.15, -0.1) is 0 Å². The number of nitrogens with zero attached hydrogens (tertiary/aromatic N) is 2. The second-order valence-electron chi connectivity index (χ2n) is 6.18. The normalized spacial score (nSPS) is 11.4. The Morgan fingerprint density at radius 2 is 2.00 bits per heavy atom. The van der Waals surface area contributed by atoms with Crippen molar-refractivity contribution in [3.05, 3.63) is 64.2 Å². The van der Waals surface area contributed by atoms with Gasteiger partial charge in [0.15, 0.2) is 17.3 Å². The zero-order valence-corrected chi connectivity index (χ0v) is 15.3. The van der Waals surface area contributed by atoms with E-state index in [1.54, 1.807) is 49.6 Å². The summed E-state index contributed by atoms with van der Waals surface area (Å²) in [5.74, 6) is 1.42. The highest BCUT2D eigenvalue weighted by Gasteiger charge is 2.10. The molecule has 0 spiro atoms. The van der Waals surface area contributed by atoms with Gasteiger partial charge in [0.25, 0.3) is 5.56 Å². The van der Waals surface area contributed by atoms with Crippen LogP contribution in [0.4, 0.5) is 0 Å². The number of allylic oxidation sites excluding steroid dienone is 1. The summed E-state index contributed by atoms with van der Waals surface area (Å²) < 4.78 is 11.1. The topological polar surface area (TPSA) is 88.0 Å². The molecule has 1 N–H and O–H groups in total. The van der Waals surface area contributed by atoms with Crippen molar-refractivity contribution in [1.82, 2.24) is 9.97 Å². The van der Waals surface area contributed by atoms with Crippen molar-refractivity contribution in [3.8, 4) is 17.6 Å². The molecule has 6 nitrogen and oxygen atoms in total. The average Bonchev–Trinajstić information content (AvgIpc) is 2.66. The van der Waals surface area contributed by atoms with E-state index in [0.29, 0.717) is 22.4 Å². The van der Waals surface area contributed by atoms with Gasteiger partial charge in [0.1, 0.15) is 6.07 Å². The number of benzene rings is 2. The number of H-pyrrole nitrogens is 1. The summed E-state index contributed by atoms with van der Waals surface area (Å²) in [6.07, 6.45) is 1.63. The third-order valence-corrected chi connectivity index (χ3v) is 3.85. The minimum atomic E-state index is -0.282. The number of nitriles is 1. The van der Waals surface area contributed by atoms with Crippen molar-refractivity contribution in [2.24, 2.45) is 0 Å². The van der Waals surface area contributed by atoms with E-state index >= 15 is 0 Å². The molecule has 0 amide bonds. The maximum Gasteiger partial charge on any atom is 0.259 e. The molecule has 0 aliphatic rings. The number of aromatic nitrogens is 2. The van der Waals surface area contributed by atoms with E-state index < -0.39 is 0 Å². The van der Waals surface area contributed by atoms with E-state index in [1.807, 2.05) is 19.9 Å². The maximum absolute atomic E-state index is 12.3. The molecule has 0 bridgehead atoms. The zero-order chi connectivity index (χ0) is 19.4. The summed E-state index contributed by atoms with van der Waals surface area (Å²) in [7, 11) is 1.57. The van der Waals surface area contributed by atoms with Crippen LogP contribution in [-0.4, -0.2) is 23.2 Å². The predicted octanol–water partition coefficient (Wildman–Crippen LogP) is 3.78. The third kappa shape index (κ3) is 3.98. The second kappa shape index (κ2) is 7.75. The fourth-order valence-electron chi connectivity index (χ4n) is 2.66. The van der Waals surface area contributed by atoms with Crippen LogP contribution in [0.2, 0.25) is 0 Å². The Hall–Kier alpha value is -3.59. The van der Waals surface area contributed by atoms with Crippen molar-refractivity contribution in [2.75, 3.05) is 7.11 Å². The van der Waals surface area contributed by atoms with Crippen LogP contribution in [0.3, 0.4) is 0 Å². The first kappa shape index (κ1) is 18.2. The molecule has 0 saturated heterocycles. The SMILES string of the molecule is COc1ccc(/C=C(/C#N)c2nc3ccccc3c(=O)[nH]2)cc1OC(C)C. The molecule has 3 aromatic rings. The smallest absolute Gasteiger partial charge is 0.259 e. The van der Waals surface area contributed by atoms with E-state index in [-0.39, 0.29) is 23.1 Å². The zero-order valence-electron chi connectivity index (χ0n) is 15.3. The van der Waals surface area contributed by atoms with Crippen LogP contribution in [0.25, 0.3) is 22.6 Å². The number of fused-ring (bicyclic) bond motifs is 1. The first-order valence-corrected chi connectivity index (χ1v) is 8.47. The lowest BCUT2D eigenvalue weighted by Crippen LogP contribution is -2.11. The van der Waals surface area contributed by atoms with E-state index in [1.165, 1.54) is 0 Å². The molecule has 0 unspecified atom stereocenters. The standard InChI is InChI=1S/C21H19N3O3/c1-13(2)27-19-11-14(8-9-18(19)26-3)10-15(12-22)20-23-17-7-5-4-6-16(17)21(25)24-20/h4-11,13H,1-3H3,(H,23,24,25)/b15-10-. The second-order valence-corrected chi connectivity index (χ2v) is 6.18. The highest BCUT2D eigenvalue weighted by Crippen LogP contribution is 2.30. The monoisotopic (exact) mass is 361 g/mol. The van der Waals surface area contributed by atoms with Crippen LogP contribution in [0.15, 0.2) is 47.3 Å². The molecule has 0 aliphatic heterocycles. The highest BCUT2D eigenvalue weighted by molar-refractivity contribution is 5.89. The molecule has 0 radical (unpaired) electrons. The number of methoxy groups -OCH3 is 1. The van der Waals surface area contributed by atoms with Gasteiger partial charge in [-0.1, -0.05) is 18.2 Å². The lowest BCUT2D eigenvalue weighted by Gasteiger charge is -2.14. The number of rotatable bonds is 5. The lowest BCUT2D eigenvalue weighted by atomic mass is 10.1. The van der Waals surface area contributed by atoms with Crippen molar-refractivity contribution < 1.29 is 9.47 Å². The van der Waals surface area contributed by atoms with Crippen LogP contribution in [0.1, 0.15) is 25.2 Å². The summed E-state index contributed by atoms with van der Waals surface area (Å²) in [6.45, 7) is 3.85. The number of hydrogen-bond donors (Lipinski definition) is 1. The van der Waals surface area contributed by atoms with Crippen LogP contribution in [-0.2, 0) is 0 Å². The third-order valence-electron chi connectivity index (χ3n) is 3.85. The van der Waals surface area contributed by atoms with Crippen LogP contribution in [0.5, 0.6) is 11.5 Å². The number of aromatic amines is 1. The Labute approximate surface area is 156 Å². The van der Waals surface area contributed by atoms with Crippen LogP contribution in [0, 0.1) is 11.3 Å². The number of ether oxygens (including phenoxy) is 2. The molecule has 27 heavy (non-hydrogen) atoms. The molecule has 1 heterocycles. The molecule has 3 rings (SSSR count). The Morgan fingerprint density at radius 3 is 2.70 bits per heavy atom. The fraction of sp³-hybridized carbons (Fsp3) is 0.190. The molecular formula is C21H19N3O3. The van der Waals surface area contributed by atoms with Crippen molar-refractivity contribution in [2.45, 2.75) is 20.0 Å². The van der Waals surface area contributed by atoms with Gasteiger partial charge in [0.05, 0.1) is 29.7 Å². The summed E-state index contributed by atoms with van der Waals surface area (Å²) in [4.78, 5) is 19.3. The van der Waals surface area contributed by atoms with E-state index in [2.05, 4.69) is 16.0 Å².